The molecule has 1 rings (SSSR count). The monoisotopic (exact) mass is 389 g/mol. The lowest BCUT2D eigenvalue weighted by Crippen LogP contribution is -2.40. The Morgan fingerprint density at radius 2 is 1.57 bits per heavy atom. The lowest BCUT2D eigenvalue weighted by atomic mass is 10.1. The third-order valence-corrected chi connectivity index (χ3v) is 3.53. The fourth-order valence-corrected chi connectivity index (χ4v) is 2.03. The van der Waals surface area contributed by atoms with Crippen LogP contribution in [0.5, 0.6) is 0 Å². The van der Waals surface area contributed by atoms with Crippen LogP contribution in [-0.4, -0.2) is 14.1 Å². The van der Waals surface area contributed by atoms with E-state index < -0.39 is 2.14 Å². The second-order valence-electron chi connectivity index (χ2n) is 3.66. The summed E-state index contributed by atoms with van der Waals surface area (Å²) < 4.78 is -0.806. The van der Waals surface area contributed by atoms with Crippen LogP contribution in [0.4, 0.5) is 0 Å². The number of carbonyl (C=O) groups excluding carboxylic acids is 1. The van der Waals surface area contributed by atoms with Gasteiger partial charge in [0.15, 0.2) is 0 Å². The first kappa shape index (κ1) is 13.0. The Bertz CT molecular complexity index is 195. The Balaban J connectivity index is 2.38. The number of carbonyl (C=O) groups is 1. The lowest BCUT2D eigenvalue weighted by molar-refractivity contribution is -0.120. The van der Waals surface area contributed by atoms with Gasteiger partial charge in [0.25, 0.3) is 5.91 Å². The molecule has 82 valence electrons. The van der Waals surface area contributed by atoms with Gasteiger partial charge in [0.2, 0.25) is 2.14 Å². The van der Waals surface area contributed by atoms with E-state index in [-0.39, 0.29) is 5.91 Å². The number of amides is 1. The smallest absolute Gasteiger partial charge is 0.258 e. The van der Waals surface area contributed by atoms with Crippen molar-refractivity contribution in [2.45, 2.75) is 46.7 Å². The summed E-state index contributed by atoms with van der Waals surface area (Å²) in [5.41, 5.74) is 0. The summed E-state index contributed by atoms with van der Waals surface area (Å²) in [5, 5.41) is 3.02. The molecule has 0 bridgehead atoms. The molecule has 1 saturated carbocycles. The molecule has 0 aliphatic heterocycles. The molecule has 0 aromatic heterocycles. The first-order chi connectivity index (χ1) is 6.50. The second kappa shape index (κ2) is 5.85. The predicted molar refractivity (Wildman–Crippen MR) is 69.1 cm³/mol. The minimum atomic E-state index is -0.806. The Morgan fingerprint density at radius 1 is 1.07 bits per heavy atom. The molecule has 14 heavy (non-hydrogen) atoms. The summed E-state index contributed by atoms with van der Waals surface area (Å²) in [7, 11) is 0. The van der Waals surface area contributed by atoms with Crippen LogP contribution in [0, 0.1) is 0 Å². The molecule has 2 nitrogen and oxygen atoms in total. The number of hydrogen-bond donors (Lipinski definition) is 1. The predicted octanol–water partition coefficient (Wildman–Crippen LogP) is 3.66. The van der Waals surface area contributed by atoms with E-state index in [4.69, 9.17) is 0 Å². The second-order valence-corrected chi connectivity index (χ2v) is 10.4. The molecule has 1 aliphatic rings. The topological polar surface area (TPSA) is 29.1 Å². The molecular formula is C9H14Br3NO. The molecule has 0 aromatic carbocycles. The SMILES string of the molecule is O=C(NC1CCCCCC1)C(Br)(Br)Br. The molecular weight excluding hydrogens is 378 g/mol. The maximum atomic E-state index is 11.6. The van der Waals surface area contributed by atoms with Crippen LogP contribution in [0.25, 0.3) is 0 Å². The Labute approximate surface area is 110 Å². The van der Waals surface area contributed by atoms with E-state index in [2.05, 4.69) is 53.1 Å². The van der Waals surface area contributed by atoms with Gasteiger partial charge < -0.3 is 5.32 Å². The third kappa shape index (κ3) is 4.62. The molecule has 1 aliphatic carbocycles. The van der Waals surface area contributed by atoms with Crippen molar-refractivity contribution in [3.05, 3.63) is 0 Å². The molecule has 0 saturated heterocycles. The standard InChI is InChI=1S/C9H14Br3NO/c10-9(11,12)8(14)13-7-5-3-1-2-4-6-7/h7H,1-6H2,(H,13,14). The molecule has 0 radical (unpaired) electrons. The Kier molecular flexibility index (Phi) is 5.42. The van der Waals surface area contributed by atoms with E-state index >= 15 is 0 Å². The molecule has 5 heteroatoms. The summed E-state index contributed by atoms with van der Waals surface area (Å²) in [6.45, 7) is 0. The van der Waals surface area contributed by atoms with Crippen molar-refractivity contribution in [2.75, 3.05) is 0 Å². The van der Waals surface area contributed by atoms with Crippen LogP contribution in [0.3, 0.4) is 0 Å². The van der Waals surface area contributed by atoms with Crippen LogP contribution in [-0.2, 0) is 4.79 Å². The average molecular weight is 392 g/mol. The highest BCUT2D eigenvalue weighted by atomic mass is 80.0. The van der Waals surface area contributed by atoms with Gasteiger partial charge in [-0.1, -0.05) is 25.7 Å². The molecule has 0 atom stereocenters. The van der Waals surface area contributed by atoms with Crippen molar-refractivity contribution >= 4 is 53.7 Å². The van der Waals surface area contributed by atoms with E-state index in [9.17, 15) is 4.79 Å². The van der Waals surface area contributed by atoms with E-state index in [1.807, 2.05) is 0 Å². The highest BCUT2D eigenvalue weighted by molar-refractivity contribution is 9.40. The lowest BCUT2D eigenvalue weighted by Gasteiger charge is -2.19. The van der Waals surface area contributed by atoms with Gasteiger partial charge in [0, 0.05) is 6.04 Å². The molecule has 0 aromatic rings. The molecule has 0 heterocycles. The van der Waals surface area contributed by atoms with Crippen LogP contribution in [0.15, 0.2) is 0 Å². The van der Waals surface area contributed by atoms with Gasteiger partial charge >= 0.3 is 0 Å². The average Bonchev–Trinajstić information content (AvgIpc) is 2.31. The zero-order valence-corrected chi connectivity index (χ0v) is 12.6. The molecule has 1 fully saturated rings. The number of alkyl halides is 3. The number of halogens is 3. The normalized spacial score (nSPS) is 20.2. The maximum absolute atomic E-state index is 11.6. The Hall–Kier alpha value is 0.910. The van der Waals surface area contributed by atoms with Gasteiger partial charge in [-0.25, -0.2) is 0 Å². The van der Waals surface area contributed by atoms with Crippen molar-refractivity contribution in [1.82, 2.24) is 5.32 Å². The third-order valence-electron chi connectivity index (χ3n) is 2.45. The summed E-state index contributed by atoms with van der Waals surface area (Å²) in [6.07, 6.45) is 7.27. The quantitative estimate of drug-likeness (QED) is 0.536. The van der Waals surface area contributed by atoms with Gasteiger partial charge in [-0.3, -0.25) is 4.79 Å². The first-order valence-corrected chi connectivity index (χ1v) is 7.26. The van der Waals surface area contributed by atoms with Crippen LogP contribution in [0.1, 0.15) is 38.5 Å². The summed E-state index contributed by atoms with van der Waals surface area (Å²) in [4.78, 5) is 11.6. The van der Waals surface area contributed by atoms with Crippen LogP contribution < -0.4 is 5.32 Å². The van der Waals surface area contributed by atoms with Crippen LogP contribution in [0.2, 0.25) is 0 Å². The number of nitrogens with one attached hydrogen (secondary N) is 1. The number of hydrogen-bond acceptors (Lipinski definition) is 1. The van der Waals surface area contributed by atoms with Gasteiger partial charge in [0.05, 0.1) is 0 Å². The Morgan fingerprint density at radius 3 is 2.00 bits per heavy atom. The molecule has 0 spiro atoms. The van der Waals surface area contributed by atoms with Crippen molar-refractivity contribution in [3.63, 3.8) is 0 Å². The van der Waals surface area contributed by atoms with Crippen molar-refractivity contribution in [1.29, 1.82) is 0 Å². The zero-order valence-electron chi connectivity index (χ0n) is 7.86. The molecule has 1 N–H and O–H groups in total. The highest BCUT2D eigenvalue weighted by Gasteiger charge is 2.30. The van der Waals surface area contributed by atoms with E-state index in [1.165, 1.54) is 25.7 Å². The van der Waals surface area contributed by atoms with Gasteiger partial charge in [-0.05, 0) is 60.6 Å². The summed E-state index contributed by atoms with van der Waals surface area (Å²) >= 11 is 9.63. The van der Waals surface area contributed by atoms with Crippen molar-refractivity contribution in [3.8, 4) is 0 Å². The highest BCUT2D eigenvalue weighted by Crippen LogP contribution is 2.34. The van der Waals surface area contributed by atoms with Gasteiger partial charge in [-0.2, -0.15) is 0 Å². The fraction of sp³-hybridized carbons (Fsp3) is 0.889. The van der Waals surface area contributed by atoms with E-state index in [1.54, 1.807) is 0 Å². The van der Waals surface area contributed by atoms with E-state index in [0.717, 1.165) is 12.8 Å². The fourth-order valence-electron chi connectivity index (χ4n) is 1.69. The van der Waals surface area contributed by atoms with E-state index in [0.29, 0.717) is 6.04 Å². The first-order valence-electron chi connectivity index (χ1n) is 4.88. The van der Waals surface area contributed by atoms with Crippen molar-refractivity contribution < 1.29 is 4.79 Å². The molecule has 1 amide bonds. The summed E-state index contributed by atoms with van der Waals surface area (Å²) in [5.74, 6) is -0.0515. The molecule has 0 unspecified atom stereocenters. The summed E-state index contributed by atoms with van der Waals surface area (Å²) in [6, 6.07) is 0.344. The van der Waals surface area contributed by atoms with Gasteiger partial charge in [0.1, 0.15) is 0 Å². The minimum Gasteiger partial charge on any atom is -0.351 e. The zero-order chi connectivity index (χ0) is 10.6. The maximum Gasteiger partial charge on any atom is 0.258 e. The van der Waals surface area contributed by atoms with Gasteiger partial charge in [-0.15, -0.1) is 0 Å². The minimum absolute atomic E-state index is 0.0515. The largest absolute Gasteiger partial charge is 0.351 e. The number of rotatable bonds is 1. The van der Waals surface area contributed by atoms with Crippen LogP contribution >= 0.6 is 47.8 Å². The van der Waals surface area contributed by atoms with Crippen molar-refractivity contribution in [2.24, 2.45) is 0 Å².